The molecule has 1 atom stereocenters. The van der Waals surface area contributed by atoms with E-state index in [1.54, 1.807) is 39.0 Å². The van der Waals surface area contributed by atoms with E-state index in [1.807, 2.05) is 30.3 Å². The molecule has 11 heteroatoms. The first-order chi connectivity index (χ1) is 18.8. The Balaban J connectivity index is 1.53. The van der Waals surface area contributed by atoms with E-state index >= 15 is 0 Å². The number of hydrogen-bond donors (Lipinski definition) is 2. The van der Waals surface area contributed by atoms with Crippen LogP contribution in [0.5, 0.6) is 0 Å². The van der Waals surface area contributed by atoms with Crippen molar-refractivity contribution in [2.75, 3.05) is 19.0 Å². The zero-order valence-corrected chi connectivity index (χ0v) is 22.6. The molecule has 202 valence electrons. The third kappa shape index (κ3) is 5.83. The molecule has 10 nitrogen and oxygen atoms in total. The molecule has 0 saturated carbocycles. The van der Waals surface area contributed by atoms with E-state index in [0.717, 1.165) is 16.9 Å². The zero-order chi connectivity index (χ0) is 28.1. The van der Waals surface area contributed by atoms with Crippen molar-refractivity contribution in [1.29, 1.82) is 0 Å². The highest BCUT2D eigenvalue weighted by Crippen LogP contribution is 2.34. The fourth-order valence-corrected chi connectivity index (χ4v) is 5.01. The van der Waals surface area contributed by atoms with Crippen LogP contribution < -0.4 is 5.32 Å². The van der Waals surface area contributed by atoms with Crippen LogP contribution in [-0.4, -0.2) is 53.6 Å². The highest BCUT2D eigenvalue weighted by molar-refractivity contribution is 7.18. The Morgan fingerprint density at radius 2 is 1.77 bits per heavy atom. The van der Waals surface area contributed by atoms with E-state index in [9.17, 15) is 19.2 Å². The molecule has 1 amide bonds. The maximum Gasteiger partial charge on any atom is 0.348 e. The minimum atomic E-state index is -1.16. The number of rotatable bonds is 9. The maximum atomic E-state index is 13.1. The first kappa shape index (κ1) is 27.5. The van der Waals surface area contributed by atoms with Gasteiger partial charge in [-0.25, -0.2) is 19.4 Å². The van der Waals surface area contributed by atoms with Crippen LogP contribution in [0, 0.1) is 6.92 Å². The molecule has 0 aliphatic rings. The van der Waals surface area contributed by atoms with E-state index in [0.29, 0.717) is 22.4 Å². The number of benzene rings is 2. The first-order valence-corrected chi connectivity index (χ1v) is 13.0. The van der Waals surface area contributed by atoms with Gasteiger partial charge in [0.25, 0.3) is 5.91 Å². The Hall–Kier alpha value is -4.51. The van der Waals surface area contributed by atoms with Crippen LogP contribution in [0.1, 0.15) is 56.2 Å². The second-order valence-corrected chi connectivity index (χ2v) is 9.47. The molecule has 0 fully saturated rings. The number of thiophene rings is 1. The Morgan fingerprint density at radius 3 is 2.44 bits per heavy atom. The molecule has 1 unspecified atom stereocenters. The Morgan fingerprint density at radius 1 is 1.03 bits per heavy atom. The normalized spacial score (nSPS) is 11.6. The maximum absolute atomic E-state index is 13.1. The number of methoxy groups -OCH3 is 1. The van der Waals surface area contributed by atoms with Gasteiger partial charge in [-0.05, 0) is 44.0 Å². The number of carbonyl (C=O) groups excluding carboxylic acids is 4. The lowest BCUT2D eigenvalue weighted by Gasteiger charge is -2.16. The van der Waals surface area contributed by atoms with E-state index in [-0.39, 0.29) is 34.0 Å². The number of hydrogen-bond acceptors (Lipinski definition) is 9. The van der Waals surface area contributed by atoms with Gasteiger partial charge in [-0.2, -0.15) is 0 Å². The number of fused-ring (bicyclic) bond motifs is 1. The number of aromatic nitrogens is 2. The van der Waals surface area contributed by atoms with Crippen LogP contribution in [0.4, 0.5) is 5.00 Å². The van der Waals surface area contributed by atoms with Crippen molar-refractivity contribution in [3.8, 4) is 11.4 Å². The van der Waals surface area contributed by atoms with E-state index in [4.69, 9.17) is 14.2 Å². The van der Waals surface area contributed by atoms with Crippen LogP contribution in [0.3, 0.4) is 0 Å². The van der Waals surface area contributed by atoms with Crippen LogP contribution in [0.15, 0.2) is 48.5 Å². The molecule has 2 heterocycles. The number of anilines is 1. The Kier molecular flexibility index (Phi) is 8.40. The van der Waals surface area contributed by atoms with Gasteiger partial charge in [0.05, 0.1) is 35.9 Å². The number of carbonyl (C=O) groups is 4. The number of ether oxygens (including phenoxy) is 3. The Bertz CT molecular complexity index is 1540. The summed E-state index contributed by atoms with van der Waals surface area (Å²) in [4.78, 5) is 58.7. The van der Waals surface area contributed by atoms with E-state index in [2.05, 4.69) is 15.3 Å². The molecular formula is C28H27N3O7S. The van der Waals surface area contributed by atoms with Crippen LogP contribution in [-0.2, 0) is 19.0 Å². The van der Waals surface area contributed by atoms with Crippen LogP contribution in [0.2, 0.25) is 0 Å². The molecule has 0 aliphatic heterocycles. The molecule has 0 radical (unpaired) electrons. The lowest BCUT2D eigenvalue weighted by Crippen LogP contribution is -2.32. The first-order valence-electron chi connectivity index (χ1n) is 12.2. The number of nitrogens with zero attached hydrogens (tertiary/aromatic N) is 1. The third-order valence-electron chi connectivity index (χ3n) is 5.91. The van der Waals surface area contributed by atoms with Crippen molar-refractivity contribution in [2.45, 2.75) is 33.3 Å². The van der Waals surface area contributed by atoms with Gasteiger partial charge in [0.2, 0.25) is 0 Å². The third-order valence-corrected chi connectivity index (χ3v) is 7.10. The minimum Gasteiger partial charge on any atom is -0.465 e. The summed E-state index contributed by atoms with van der Waals surface area (Å²) in [7, 11) is 1.20. The molecule has 4 aromatic rings. The number of amides is 1. The predicted molar refractivity (Wildman–Crippen MR) is 146 cm³/mol. The highest BCUT2D eigenvalue weighted by Gasteiger charge is 2.29. The van der Waals surface area contributed by atoms with Gasteiger partial charge in [0.1, 0.15) is 15.7 Å². The van der Waals surface area contributed by atoms with Gasteiger partial charge < -0.3 is 24.5 Å². The summed E-state index contributed by atoms with van der Waals surface area (Å²) in [6.45, 7) is 5.07. The zero-order valence-electron chi connectivity index (χ0n) is 21.8. The number of nitrogens with one attached hydrogen (secondary N) is 2. The molecule has 2 N–H and O–H groups in total. The second-order valence-electron chi connectivity index (χ2n) is 8.45. The van der Waals surface area contributed by atoms with E-state index in [1.165, 1.54) is 7.11 Å². The highest BCUT2D eigenvalue weighted by atomic mass is 32.1. The number of imidazole rings is 1. The van der Waals surface area contributed by atoms with Crippen molar-refractivity contribution in [2.24, 2.45) is 0 Å². The van der Waals surface area contributed by atoms with Gasteiger partial charge in [-0.1, -0.05) is 37.3 Å². The summed E-state index contributed by atoms with van der Waals surface area (Å²) in [5.41, 5.74) is 2.83. The molecule has 0 saturated heterocycles. The molecule has 2 aromatic carbocycles. The fraction of sp³-hybridized carbons (Fsp3) is 0.250. The summed E-state index contributed by atoms with van der Waals surface area (Å²) in [5.74, 6) is -2.02. The largest absolute Gasteiger partial charge is 0.465 e. The molecule has 4 rings (SSSR count). The summed E-state index contributed by atoms with van der Waals surface area (Å²) in [6, 6.07) is 14.5. The topological polar surface area (TPSA) is 137 Å². The predicted octanol–water partition coefficient (Wildman–Crippen LogP) is 5.14. The van der Waals surface area contributed by atoms with Crippen LogP contribution >= 0.6 is 11.3 Å². The molecule has 0 aliphatic carbocycles. The summed E-state index contributed by atoms with van der Waals surface area (Å²) in [5, 5.41) is 2.73. The van der Waals surface area contributed by atoms with Crippen molar-refractivity contribution < 1.29 is 33.4 Å². The molecule has 0 bridgehead atoms. The Labute approximate surface area is 228 Å². The lowest BCUT2D eigenvalue weighted by atomic mass is 10.1. The van der Waals surface area contributed by atoms with Gasteiger partial charge in [-0.3, -0.25) is 4.79 Å². The van der Waals surface area contributed by atoms with Gasteiger partial charge in [0, 0.05) is 5.56 Å². The van der Waals surface area contributed by atoms with E-state index < -0.39 is 29.9 Å². The quantitative estimate of drug-likeness (QED) is 0.216. The standard InChI is InChI=1S/C28H27N3O7S/c1-5-20(24(32)31-25-21(27(34)36-4)15(3)22(39-25)28(35)37-6-2)38-26(33)17-12-13-18-19(14-17)30-23(29-18)16-10-8-7-9-11-16/h7-14,20H,5-6H2,1-4H3,(H,29,30)(H,31,32). The molecule has 0 spiro atoms. The number of aromatic amines is 1. The summed E-state index contributed by atoms with van der Waals surface area (Å²) < 4.78 is 15.4. The van der Waals surface area contributed by atoms with Crippen molar-refractivity contribution in [3.63, 3.8) is 0 Å². The monoisotopic (exact) mass is 549 g/mol. The van der Waals surface area contributed by atoms with Gasteiger partial charge in [0.15, 0.2) is 6.10 Å². The average Bonchev–Trinajstić information content (AvgIpc) is 3.52. The van der Waals surface area contributed by atoms with Crippen molar-refractivity contribution >= 4 is 51.2 Å². The van der Waals surface area contributed by atoms with Gasteiger partial charge >= 0.3 is 17.9 Å². The fourth-order valence-electron chi connectivity index (χ4n) is 3.92. The second kappa shape index (κ2) is 11.9. The van der Waals surface area contributed by atoms with Crippen molar-refractivity contribution in [3.05, 3.63) is 70.1 Å². The summed E-state index contributed by atoms with van der Waals surface area (Å²) in [6.07, 6.45) is -0.987. The van der Waals surface area contributed by atoms with Gasteiger partial charge in [-0.15, -0.1) is 11.3 Å². The lowest BCUT2D eigenvalue weighted by molar-refractivity contribution is -0.124. The van der Waals surface area contributed by atoms with Crippen LogP contribution in [0.25, 0.3) is 22.4 Å². The summed E-state index contributed by atoms with van der Waals surface area (Å²) >= 11 is 0.892. The smallest absolute Gasteiger partial charge is 0.348 e. The minimum absolute atomic E-state index is 0.0407. The SMILES string of the molecule is CCOC(=O)c1sc(NC(=O)C(CC)OC(=O)c2ccc3nc(-c4ccccc4)[nH]c3c2)c(C(=O)OC)c1C. The van der Waals surface area contributed by atoms with Crippen molar-refractivity contribution in [1.82, 2.24) is 9.97 Å². The number of H-pyrrole nitrogens is 1. The molecule has 2 aromatic heterocycles. The average molecular weight is 550 g/mol. The number of esters is 3. The molecule has 39 heavy (non-hydrogen) atoms. The molecular weight excluding hydrogens is 522 g/mol.